The van der Waals surface area contributed by atoms with E-state index >= 15 is 0 Å². The van der Waals surface area contributed by atoms with Gasteiger partial charge in [-0.05, 0) is 48.6 Å². The summed E-state index contributed by atoms with van der Waals surface area (Å²) in [6.45, 7) is 5.84. The Kier molecular flexibility index (Phi) is 6.71. The summed E-state index contributed by atoms with van der Waals surface area (Å²) in [4.78, 5) is 2.19. The molecule has 4 rings (SSSR count). The van der Waals surface area contributed by atoms with Gasteiger partial charge in [0.25, 0.3) is 0 Å². The molecule has 34 heavy (non-hydrogen) atoms. The maximum atomic E-state index is 12.9. The molecule has 0 amide bonds. The Morgan fingerprint density at radius 3 is 2.35 bits per heavy atom. The predicted molar refractivity (Wildman–Crippen MR) is 120 cm³/mol. The number of likely N-dealkylation sites (tertiary alicyclic amines) is 1. The second-order valence-corrected chi connectivity index (χ2v) is 11.4. The predicted octanol–water partition coefficient (Wildman–Crippen LogP) is 3.91. The standard InChI is InChI=1S/C24H29F3N2O4S/c1-16(2)22-23(15-29(22)14-17-6-4-3-5-7-17)12-20(21(30)13-23)28-34(31,32)19-10-8-18(9-11-19)33-24(25,26)27/h3-11,16,20-22,28,30H,12-15H2,1-2H3/t20-,21+,22?,23?/m1/s1. The van der Waals surface area contributed by atoms with Crippen LogP contribution in [0.5, 0.6) is 5.75 Å². The molecule has 1 spiro atoms. The van der Waals surface area contributed by atoms with E-state index in [0.717, 1.165) is 37.4 Å². The molecule has 2 aromatic rings. The summed E-state index contributed by atoms with van der Waals surface area (Å²) in [7, 11) is -4.03. The molecular formula is C24H29F3N2O4S. The molecule has 2 fully saturated rings. The van der Waals surface area contributed by atoms with Gasteiger partial charge in [-0.3, -0.25) is 4.90 Å². The summed E-state index contributed by atoms with van der Waals surface area (Å²) >= 11 is 0. The summed E-state index contributed by atoms with van der Waals surface area (Å²) < 4.78 is 69.2. The molecule has 2 aliphatic rings. The van der Waals surface area contributed by atoms with Crippen molar-refractivity contribution in [3.05, 3.63) is 60.2 Å². The van der Waals surface area contributed by atoms with Crippen LogP contribution in [0.3, 0.4) is 0 Å². The third kappa shape index (κ3) is 5.25. The topological polar surface area (TPSA) is 78.9 Å². The van der Waals surface area contributed by atoms with E-state index < -0.39 is 34.3 Å². The largest absolute Gasteiger partial charge is 0.573 e. The third-order valence-corrected chi connectivity index (χ3v) is 8.29. The van der Waals surface area contributed by atoms with Crippen LogP contribution in [0.2, 0.25) is 0 Å². The van der Waals surface area contributed by atoms with Crippen molar-refractivity contribution in [1.29, 1.82) is 0 Å². The first-order valence-electron chi connectivity index (χ1n) is 11.2. The maximum absolute atomic E-state index is 12.9. The average molecular weight is 499 g/mol. The minimum absolute atomic E-state index is 0.185. The Labute approximate surface area is 197 Å². The molecule has 2 aromatic carbocycles. The zero-order chi connectivity index (χ0) is 24.7. The molecule has 0 aromatic heterocycles. The van der Waals surface area contributed by atoms with Crippen LogP contribution in [0.15, 0.2) is 59.5 Å². The lowest BCUT2D eigenvalue weighted by Crippen LogP contribution is -2.65. The van der Waals surface area contributed by atoms with Gasteiger partial charge in [0, 0.05) is 30.6 Å². The fourth-order valence-electron chi connectivity index (χ4n) is 5.77. The highest BCUT2D eigenvalue weighted by Gasteiger charge is 2.59. The molecule has 2 unspecified atom stereocenters. The van der Waals surface area contributed by atoms with Gasteiger partial charge in [0.15, 0.2) is 0 Å². The van der Waals surface area contributed by atoms with E-state index in [9.17, 15) is 26.7 Å². The Hall–Kier alpha value is -2.14. The van der Waals surface area contributed by atoms with Crippen LogP contribution in [0.25, 0.3) is 0 Å². The van der Waals surface area contributed by atoms with E-state index in [1.165, 1.54) is 5.56 Å². The molecule has 4 atom stereocenters. The van der Waals surface area contributed by atoms with Crippen molar-refractivity contribution in [2.75, 3.05) is 6.54 Å². The second kappa shape index (κ2) is 9.14. The molecule has 1 aliphatic carbocycles. The second-order valence-electron chi connectivity index (χ2n) is 9.66. The quantitative estimate of drug-likeness (QED) is 0.605. The highest BCUT2D eigenvalue weighted by molar-refractivity contribution is 7.89. The molecular weight excluding hydrogens is 469 g/mol. The molecule has 0 bridgehead atoms. The van der Waals surface area contributed by atoms with Crippen LogP contribution in [-0.4, -0.2) is 49.5 Å². The number of ether oxygens (including phenoxy) is 1. The molecule has 6 nitrogen and oxygen atoms in total. The van der Waals surface area contributed by atoms with Crippen molar-refractivity contribution < 1.29 is 31.4 Å². The van der Waals surface area contributed by atoms with E-state index in [1.807, 2.05) is 18.2 Å². The number of nitrogens with zero attached hydrogens (tertiary/aromatic N) is 1. The lowest BCUT2D eigenvalue weighted by Gasteiger charge is -2.58. The Bertz CT molecular complexity index is 1090. The van der Waals surface area contributed by atoms with Gasteiger partial charge in [0.1, 0.15) is 5.75 Å². The van der Waals surface area contributed by atoms with Gasteiger partial charge in [0.2, 0.25) is 10.0 Å². The number of nitrogens with one attached hydrogen (secondary N) is 1. The minimum Gasteiger partial charge on any atom is -0.406 e. The van der Waals surface area contributed by atoms with Crippen LogP contribution in [0, 0.1) is 11.3 Å². The molecule has 1 heterocycles. The van der Waals surface area contributed by atoms with Gasteiger partial charge < -0.3 is 9.84 Å². The van der Waals surface area contributed by atoms with Crippen molar-refractivity contribution in [3.8, 4) is 5.75 Å². The molecule has 1 aliphatic heterocycles. The van der Waals surface area contributed by atoms with Crippen molar-refractivity contribution in [3.63, 3.8) is 0 Å². The van der Waals surface area contributed by atoms with Gasteiger partial charge >= 0.3 is 6.36 Å². The van der Waals surface area contributed by atoms with Crippen molar-refractivity contribution in [2.24, 2.45) is 11.3 Å². The summed E-state index contributed by atoms with van der Waals surface area (Å²) in [5.74, 6) is -0.180. The number of halogens is 3. The first kappa shape index (κ1) is 25.0. The molecule has 2 N–H and O–H groups in total. The average Bonchev–Trinajstić information content (AvgIpc) is 3.03. The van der Waals surface area contributed by atoms with Crippen molar-refractivity contribution >= 4 is 10.0 Å². The highest BCUT2D eigenvalue weighted by Crippen LogP contribution is 2.53. The minimum atomic E-state index is -4.86. The SMILES string of the molecule is CC(C)C1N(Cc2ccccc2)CC12C[C@H](O)[C@H](NS(=O)(=O)c1ccc(OC(F)(F)F)cc1)C2. The van der Waals surface area contributed by atoms with Gasteiger partial charge in [-0.15, -0.1) is 13.2 Å². The number of benzene rings is 2. The van der Waals surface area contributed by atoms with Crippen molar-refractivity contribution in [1.82, 2.24) is 9.62 Å². The van der Waals surface area contributed by atoms with Gasteiger partial charge in [-0.25, -0.2) is 13.1 Å². The zero-order valence-electron chi connectivity index (χ0n) is 19.0. The van der Waals surface area contributed by atoms with E-state index in [4.69, 9.17) is 0 Å². The van der Waals surface area contributed by atoms with E-state index in [1.54, 1.807) is 0 Å². The number of rotatable bonds is 7. The molecule has 0 radical (unpaired) electrons. The first-order chi connectivity index (χ1) is 15.9. The van der Waals surface area contributed by atoms with Crippen LogP contribution >= 0.6 is 0 Å². The normalized spacial score (nSPS) is 27.8. The lowest BCUT2D eigenvalue weighted by atomic mass is 9.65. The van der Waals surface area contributed by atoms with Gasteiger partial charge in [-0.1, -0.05) is 44.2 Å². The zero-order valence-corrected chi connectivity index (χ0v) is 19.8. The van der Waals surface area contributed by atoms with E-state index in [-0.39, 0.29) is 16.4 Å². The summed E-state index contributed by atoms with van der Waals surface area (Å²) in [5, 5.41) is 10.8. The van der Waals surface area contributed by atoms with Crippen LogP contribution in [0.1, 0.15) is 32.3 Å². The summed E-state index contributed by atoms with van der Waals surface area (Å²) in [6, 6.07) is 13.7. The number of aliphatic hydroxyl groups is 1. The molecule has 186 valence electrons. The number of aliphatic hydroxyl groups excluding tert-OH is 1. The Balaban J connectivity index is 1.44. The smallest absolute Gasteiger partial charge is 0.406 e. The fraction of sp³-hybridized carbons (Fsp3) is 0.500. The number of hydrogen-bond donors (Lipinski definition) is 2. The van der Waals surface area contributed by atoms with Crippen LogP contribution in [-0.2, 0) is 16.6 Å². The fourth-order valence-corrected chi connectivity index (χ4v) is 7.04. The highest BCUT2D eigenvalue weighted by atomic mass is 32.2. The van der Waals surface area contributed by atoms with Gasteiger partial charge in [0.05, 0.1) is 11.0 Å². The molecule has 1 saturated heterocycles. The lowest BCUT2D eigenvalue weighted by molar-refractivity contribution is -0.274. The van der Waals surface area contributed by atoms with Gasteiger partial charge in [-0.2, -0.15) is 0 Å². The van der Waals surface area contributed by atoms with E-state index in [0.29, 0.717) is 18.8 Å². The summed E-state index contributed by atoms with van der Waals surface area (Å²) in [6.07, 6.45) is -4.71. The first-order valence-corrected chi connectivity index (χ1v) is 12.7. The number of hydrogen-bond acceptors (Lipinski definition) is 5. The number of alkyl halides is 3. The maximum Gasteiger partial charge on any atom is 0.573 e. The van der Waals surface area contributed by atoms with E-state index in [2.05, 4.69) is 40.3 Å². The molecule has 1 saturated carbocycles. The van der Waals surface area contributed by atoms with Crippen LogP contribution in [0.4, 0.5) is 13.2 Å². The third-order valence-electron chi connectivity index (χ3n) is 6.78. The van der Waals surface area contributed by atoms with Crippen LogP contribution < -0.4 is 9.46 Å². The monoisotopic (exact) mass is 498 g/mol. The molecule has 10 heteroatoms. The Morgan fingerprint density at radius 2 is 1.76 bits per heavy atom. The van der Waals surface area contributed by atoms with Crippen molar-refractivity contribution in [2.45, 2.75) is 62.7 Å². The Morgan fingerprint density at radius 1 is 1.12 bits per heavy atom. The summed E-state index contributed by atoms with van der Waals surface area (Å²) in [5.41, 5.74) is 1.01. The number of sulfonamides is 1.